The monoisotopic (exact) mass is 371 g/mol. The second-order valence-electron chi connectivity index (χ2n) is 9.73. The third kappa shape index (κ3) is 2.78. The summed E-state index contributed by atoms with van der Waals surface area (Å²) in [7, 11) is 0. The van der Waals surface area contributed by atoms with Gasteiger partial charge < -0.3 is 9.94 Å². The molecule has 0 aromatic carbocycles. The van der Waals surface area contributed by atoms with Gasteiger partial charge in [-0.15, -0.1) is 0 Å². The predicted molar refractivity (Wildman–Crippen MR) is 106 cm³/mol. The van der Waals surface area contributed by atoms with Crippen molar-refractivity contribution in [2.75, 3.05) is 0 Å². The zero-order chi connectivity index (χ0) is 19.4. The van der Waals surface area contributed by atoms with E-state index in [4.69, 9.17) is 4.74 Å². The summed E-state index contributed by atoms with van der Waals surface area (Å²) >= 11 is 0. The van der Waals surface area contributed by atoms with Gasteiger partial charge >= 0.3 is 5.97 Å². The van der Waals surface area contributed by atoms with Gasteiger partial charge in [-0.25, -0.2) is 0 Å². The number of hydrogen-bond acceptors (Lipinski definition) is 4. The number of carbonyl (C=O) groups excluding carboxylic acids is 1. The molecule has 6 atom stereocenters. The van der Waals surface area contributed by atoms with Gasteiger partial charge in [-0.05, 0) is 79.6 Å². The maximum Gasteiger partial charge on any atom is 0.302 e. The molecular weight excluding hydrogens is 338 g/mol. The first-order valence-corrected chi connectivity index (χ1v) is 10.6. The Morgan fingerprint density at radius 3 is 2.56 bits per heavy atom. The minimum atomic E-state index is -0.156. The van der Waals surface area contributed by atoms with Crippen molar-refractivity contribution in [3.8, 4) is 0 Å². The maximum absolute atomic E-state index is 11.4. The molecular formula is C23H33NO3. The summed E-state index contributed by atoms with van der Waals surface area (Å²) in [4.78, 5) is 11.4. The zero-order valence-corrected chi connectivity index (χ0v) is 17.1. The molecule has 0 amide bonds. The molecule has 148 valence electrons. The average Bonchev–Trinajstić information content (AvgIpc) is 2.98. The molecule has 27 heavy (non-hydrogen) atoms. The molecule has 0 aromatic heterocycles. The van der Waals surface area contributed by atoms with Crippen molar-refractivity contribution in [3.05, 3.63) is 23.3 Å². The lowest BCUT2D eigenvalue weighted by molar-refractivity contribution is -0.148. The van der Waals surface area contributed by atoms with E-state index in [1.807, 2.05) is 6.92 Å². The predicted octanol–water partition coefficient (Wildman–Crippen LogP) is 5.27. The SMILES string of the molecule is CC(=O)O[C@H]1CC[C@]2(C)C(=CC[C@H]3[C@@H]4CC=C(/C(C)=N/O)[C@]4(C)CC[C@@H]32)C1. The van der Waals surface area contributed by atoms with Crippen LogP contribution in [0.2, 0.25) is 0 Å². The van der Waals surface area contributed by atoms with Crippen molar-refractivity contribution in [1.29, 1.82) is 0 Å². The van der Waals surface area contributed by atoms with Crippen LogP contribution in [0.3, 0.4) is 0 Å². The maximum atomic E-state index is 11.4. The van der Waals surface area contributed by atoms with E-state index in [-0.39, 0.29) is 22.9 Å². The van der Waals surface area contributed by atoms with E-state index in [1.165, 1.54) is 30.9 Å². The van der Waals surface area contributed by atoms with Crippen LogP contribution >= 0.6 is 0 Å². The average molecular weight is 372 g/mol. The molecule has 0 saturated heterocycles. The molecule has 4 rings (SSSR count). The Balaban J connectivity index is 1.59. The van der Waals surface area contributed by atoms with Crippen LogP contribution in [0.4, 0.5) is 0 Å². The molecule has 4 aliphatic rings. The Kier molecular flexibility index (Phi) is 4.51. The second kappa shape index (κ2) is 6.49. The quantitative estimate of drug-likeness (QED) is 0.237. The summed E-state index contributed by atoms with van der Waals surface area (Å²) in [6.07, 6.45) is 12.6. The molecule has 0 aliphatic heterocycles. The number of rotatable bonds is 2. The number of esters is 1. The molecule has 4 nitrogen and oxygen atoms in total. The van der Waals surface area contributed by atoms with Crippen LogP contribution in [0.1, 0.15) is 72.6 Å². The third-order valence-corrected chi connectivity index (χ3v) is 8.51. The Morgan fingerprint density at radius 1 is 1.11 bits per heavy atom. The van der Waals surface area contributed by atoms with Crippen LogP contribution in [0.5, 0.6) is 0 Å². The number of carbonyl (C=O) groups is 1. The molecule has 0 bridgehead atoms. The van der Waals surface area contributed by atoms with Crippen LogP contribution in [0.25, 0.3) is 0 Å². The summed E-state index contributed by atoms with van der Waals surface area (Å²) in [5.74, 6) is 1.90. The fourth-order valence-corrected chi connectivity index (χ4v) is 7.14. The van der Waals surface area contributed by atoms with Crippen LogP contribution < -0.4 is 0 Å². The first-order chi connectivity index (χ1) is 12.8. The number of fused-ring (bicyclic) bond motifs is 5. The Bertz CT molecular complexity index is 736. The van der Waals surface area contributed by atoms with E-state index in [0.717, 1.165) is 37.8 Å². The van der Waals surface area contributed by atoms with Crippen molar-refractivity contribution in [1.82, 2.24) is 0 Å². The van der Waals surface area contributed by atoms with E-state index in [1.54, 1.807) is 0 Å². The van der Waals surface area contributed by atoms with Crippen molar-refractivity contribution >= 4 is 11.7 Å². The lowest BCUT2D eigenvalue weighted by Crippen LogP contribution is -2.50. The zero-order valence-electron chi connectivity index (χ0n) is 17.1. The van der Waals surface area contributed by atoms with Gasteiger partial charge in [0.2, 0.25) is 0 Å². The first-order valence-electron chi connectivity index (χ1n) is 10.6. The normalized spacial score (nSPS) is 43.8. The van der Waals surface area contributed by atoms with Crippen molar-refractivity contribution in [3.63, 3.8) is 0 Å². The fourth-order valence-electron chi connectivity index (χ4n) is 7.14. The molecule has 0 aromatic rings. The molecule has 2 fully saturated rings. The smallest absolute Gasteiger partial charge is 0.302 e. The number of allylic oxidation sites excluding steroid dienone is 3. The molecule has 2 saturated carbocycles. The molecule has 1 N–H and O–H groups in total. The molecule has 4 aliphatic carbocycles. The summed E-state index contributed by atoms with van der Waals surface area (Å²) < 4.78 is 5.53. The summed E-state index contributed by atoms with van der Waals surface area (Å²) in [6, 6.07) is 0. The second-order valence-corrected chi connectivity index (χ2v) is 9.73. The minimum absolute atomic E-state index is 0.0652. The van der Waals surface area contributed by atoms with Gasteiger partial charge in [0.05, 0.1) is 5.71 Å². The van der Waals surface area contributed by atoms with Gasteiger partial charge in [0.1, 0.15) is 6.10 Å². The highest BCUT2D eigenvalue weighted by Gasteiger charge is 2.57. The van der Waals surface area contributed by atoms with Crippen molar-refractivity contribution in [2.45, 2.75) is 78.7 Å². The van der Waals surface area contributed by atoms with Crippen molar-refractivity contribution in [2.24, 2.45) is 33.7 Å². The molecule has 0 spiro atoms. The molecule has 0 unspecified atom stereocenters. The lowest BCUT2D eigenvalue weighted by atomic mass is 9.47. The molecule has 4 heteroatoms. The van der Waals surface area contributed by atoms with Crippen LogP contribution in [-0.4, -0.2) is 23.0 Å². The highest BCUT2D eigenvalue weighted by molar-refractivity contribution is 5.99. The van der Waals surface area contributed by atoms with Gasteiger partial charge in [0, 0.05) is 13.3 Å². The summed E-state index contributed by atoms with van der Waals surface area (Å²) in [5.41, 5.74) is 3.99. The fraction of sp³-hybridized carbons (Fsp3) is 0.739. The number of nitrogens with zero attached hydrogens (tertiary/aromatic N) is 1. The van der Waals surface area contributed by atoms with Crippen LogP contribution in [0, 0.1) is 28.6 Å². The topological polar surface area (TPSA) is 58.9 Å². The van der Waals surface area contributed by atoms with Gasteiger partial charge in [0.25, 0.3) is 0 Å². The highest BCUT2D eigenvalue weighted by atomic mass is 16.5. The highest BCUT2D eigenvalue weighted by Crippen LogP contribution is 2.65. The lowest BCUT2D eigenvalue weighted by Gasteiger charge is -2.57. The van der Waals surface area contributed by atoms with Crippen LogP contribution in [-0.2, 0) is 9.53 Å². The first kappa shape index (κ1) is 18.8. The van der Waals surface area contributed by atoms with Gasteiger partial charge in [-0.2, -0.15) is 0 Å². The third-order valence-electron chi connectivity index (χ3n) is 8.51. The van der Waals surface area contributed by atoms with Gasteiger partial charge in [-0.3, -0.25) is 4.79 Å². The van der Waals surface area contributed by atoms with Crippen LogP contribution in [0.15, 0.2) is 28.5 Å². The van der Waals surface area contributed by atoms with E-state index in [9.17, 15) is 10.0 Å². The summed E-state index contributed by atoms with van der Waals surface area (Å²) in [6.45, 7) is 8.30. The van der Waals surface area contributed by atoms with E-state index < -0.39 is 0 Å². The van der Waals surface area contributed by atoms with Crippen molar-refractivity contribution < 1.29 is 14.7 Å². The van der Waals surface area contributed by atoms with E-state index in [0.29, 0.717) is 17.8 Å². The molecule has 0 radical (unpaired) electrons. The van der Waals surface area contributed by atoms with E-state index in [2.05, 4.69) is 31.2 Å². The minimum Gasteiger partial charge on any atom is -0.462 e. The summed E-state index contributed by atoms with van der Waals surface area (Å²) in [5, 5.41) is 12.8. The van der Waals surface area contributed by atoms with Gasteiger partial charge in [0.15, 0.2) is 0 Å². The Morgan fingerprint density at radius 2 is 1.85 bits per heavy atom. The Hall–Kier alpha value is -1.58. The molecule has 0 heterocycles. The standard InChI is InChI=1S/C23H33NO3/c1-14(24-26)19-7-8-20-18-6-5-16-13-17(27-15(2)25)9-11-22(16,3)21(18)10-12-23(19,20)4/h5,7,17-18,20-21,26H,6,8-13H2,1-4H3/b24-14+/t17-,18-,20-,21-,22+,23-/m0/s1. The largest absolute Gasteiger partial charge is 0.462 e. The Labute approximate surface area is 162 Å². The van der Waals surface area contributed by atoms with Gasteiger partial charge in [-0.1, -0.05) is 36.7 Å². The number of oxime groups is 1. The van der Waals surface area contributed by atoms with E-state index >= 15 is 0 Å². The number of ether oxygens (including phenoxy) is 1. The number of hydrogen-bond donors (Lipinski definition) is 1.